The summed E-state index contributed by atoms with van der Waals surface area (Å²) in [6.45, 7) is 0. The average Bonchev–Trinajstić information content (AvgIpc) is 1.99. The predicted molar refractivity (Wildman–Crippen MR) is 50.1 cm³/mol. The van der Waals surface area contributed by atoms with Crippen molar-refractivity contribution in [3.63, 3.8) is 0 Å². The normalized spacial score (nSPS) is 11.1. The zero-order valence-electron chi connectivity index (χ0n) is 7.27. The fourth-order valence-electron chi connectivity index (χ4n) is 1.12. The van der Waals surface area contributed by atoms with Gasteiger partial charge in [0.15, 0.2) is 0 Å². The minimum Gasteiger partial charge on any atom is -0.507 e. The van der Waals surface area contributed by atoms with Crippen LogP contribution in [0.1, 0.15) is 11.1 Å². The largest absolute Gasteiger partial charge is 0.507 e. The van der Waals surface area contributed by atoms with Gasteiger partial charge in [-0.25, -0.2) is 0 Å². The number of nitriles is 1. The molecule has 15 heavy (non-hydrogen) atoms. The summed E-state index contributed by atoms with van der Waals surface area (Å²) in [7, 11) is 0. The zero-order valence-corrected chi connectivity index (χ0v) is 8.85. The number of alkyl halides is 3. The topological polar surface area (TPSA) is 44.0 Å². The van der Waals surface area contributed by atoms with E-state index >= 15 is 0 Å². The molecule has 80 valence electrons. The van der Waals surface area contributed by atoms with Gasteiger partial charge in [-0.3, -0.25) is 0 Å². The fourth-order valence-corrected chi connectivity index (χ4v) is 1.84. The third-order valence-corrected chi connectivity index (χ3v) is 2.32. The molecule has 0 saturated carbocycles. The maximum Gasteiger partial charge on any atom is 0.421 e. The van der Waals surface area contributed by atoms with Crippen LogP contribution >= 0.6 is 15.9 Å². The average molecular weight is 280 g/mol. The van der Waals surface area contributed by atoms with Crippen molar-refractivity contribution >= 4 is 15.9 Å². The number of hydrogen-bond acceptors (Lipinski definition) is 2. The number of rotatable bonds is 1. The smallest absolute Gasteiger partial charge is 0.421 e. The van der Waals surface area contributed by atoms with Crippen LogP contribution in [0.25, 0.3) is 0 Å². The van der Waals surface area contributed by atoms with Crippen molar-refractivity contribution in [2.75, 3.05) is 0 Å². The van der Waals surface area contributed by atoms with Gasteiger partial charge in [0.1, 0.15) is 11.3 Å². The molecule has 1 N–H and O–H groups in total. The van der Waals surface area contributed by atoms with Crippen LogP contribution in [-0.2, 0) is 12.6 Å². The van der Waals surface area contributed by atoms with Crippen LogP contribution in [0.15, 0.2) is 16.6 Å². The Labute approximate surface area is 92.1 Å². The molecule has 0 spiro atoms. The van der Waals surface area contributed by atoms with Crippen LogP contribution < -0.4 is 0 Å². The lowest BCUT2D eigenvalue weighted by Crippen LogP contribution is -2.07. The van der Waals surface area contributed by atoms with E-state index in [1.807, 2.05) is 0 Å². The van der Waals surface area contributed by atoms with Crippen molar-refractivity contribution in [2.45, 2.75) is 12.6 Å². The van der Waals surface area contributed by atoms with E-state index in [-0.39, 0.29) is 10.9 Å². The second kappa shape index (κ2) is 4.11. The molecule has 1 aromatic rings. The molecule has 0 bridgehead atoms. The van der Waals surface area contributed by atoms with Gasteiger partial charge < -0.3 is 5.11 Å². The minimum atomic E-state index is -4.62. The van der Waals surface area contributed by atoms with Gasteiger partial charge in [0.25, 0.3) is 0 Å². The molecule has 0 aliphatic rings. The second-order valence-corrected chi connectivity index (χ2v) is 3.66. The Morgan fingerprint density at radius 3 is 2.40 bits per heavy atom. The van der Waals surface area contributed by atoms with Crippen molar-refractivity contribution in [3.8, 4) is 11.8 Å². The Bertz CT molecular complexity index is 399. The summed E-state index contributed by atoms with van der Waals surface area (Å²) in [5.74, 6) is -0.873. The third-order valence-electron chi connectivity index (χ3n) is 1.70. The molecule has 0 heterocycles. The van der Waals surface area contributed by atoms with Crippen LogP contribution in [0, 0.1) is 11.3 Å². The van der Waals surface area contributed by atoms with Crippen molar-refractivity contribution in [1.29, 1.82) is 5.26 Å². The van der Waals surface area contributed by atoms with Gasteiger partial charge in [-0.2, -0.15) is 18.4 Å². The molecule has 0 saturated heterocycles. The fraction of sp³-hybridized carbons (Fsp3) is 0.222. The quantitative estimate of drug-likeness (QED) is 0.858. The number of benzene rings is 1. The number of phenols is 1. The number of nitrogens with zero attached hydrogens (tertiary/aromatic N) is 1. The lowest BCUT2D eigenvalue weighted by molar-refractivity contribution is -0.139. The zero-order chi connectivity index (χ0) is 11.6. The molecule has 0 aliphatic heterocycles. The van der Waals surface area contributed by atoms with E-state index in [1.54, 1.807) is 6.07 Å². The molecular formula is C9H5BrF3NO. The van der Waals surface area contributed by atoms with Crippen molar-refractivity contribution < 1.29 is 18.3 Å². The Hall–Kier alpha value is -1.22. The molecular weight excluding hydrogens is 275 g/mol. The highest BCUT2D eigenvalue weighted by molar-refractivity contribution is 9.10. The standard InChI is InChI=1S/C9H5BrF3NO/c10-6-3-5(1-2-14)4-7(15)8(6)9(11,12)13/h3-4,15H,1H2. The highest BCUT2D eigenvalue weighted by atomic mass is 79.9. The Morgan fingerprint density at radius 1 is 1.40 bits per heavy atom. The molecule has 0 aliphatic carbocycles. The summed E-state index contributed by atoms with van der Waals surface area (Å²) in [6.07, 6.45) is -4.67. The van der Waals surface area contributed by atoms with Crippen LogP contribution in [0.5, 0.6) is 5.75 Å². The van der Waals surface area contributed by atoms with Gasteiger partial charge in [0.2, 0.25) is 0 Å². The van der Waals surface area contributed by atoms with E-state index in [1.165, 1.54) is 6.07 Å². The molecule has 2 nitrogen and oxygen atoms in total. The predicted octanol–water partition coefficient (Wildman–Crippen LogP) is 3.24. The number of hydrogen-bond donors (Lipinski definition) is 1. The number of phenolic OH excluding ortho intramolecular Hbond substituents is 1. The van der Waals surface area contributed by atoms with Gasteiger partial charge in [-0.1, -0.05) is 15.9 Å². The van der Waals surface area contributed by atoms with E-state index in [2.05, 4.69) is 15.9 Å². The SMILES string of the molecule is N#CCc1cc(O)c(C(F)(F)F)c(Br)c1. The van der Waals surface area contributed by atoms with Crippen molar-refractivity contribution in [2.24, 2.45) is 0 Å². The Balaban J connectivity index is 3.29. The molecule has 1 aromatic carbocycles. The summed E-state index contributed by atoms with van der Waals surface area (Å²) in [4.78, 5) is 0. The second-order valence-electron chi connectivity index (χ2n) is 2.80. The van der Waals surface area contributed by atoms with E-state index < -0.39 is 17.5 Å². The number of aromatic hydroxyl groups is 1. The molecule has 1 rings (SSSR count). The first-order chi connectivity index (χ1) is 6.86. The molecule has 0 atom stereocenters. The monoisotopic (exact) mass is 279 g/mol. The highest BCUT2D eigenvalue weighted by Crippen LogP contribution is 2.41. The maximum absolute atomic E-state index is 12.4. The first-order valence-corrected chi connectivity index (χ1v) is 4.61. The van der Waals surface area contributed by atoms with E-state index in [9.17, 15) is 18.3 Å². The van der Waals surface area contributed by atoms with E-state index in [0.717, 1.165) is 6.07 Å². The van der Waals surface area contributed by atoms with Crippen LogP contribution in [-0.4, -0.2) is 5.11 Å². The first-order valence-electron chi connectivity index (χ1n) is 3.81. The van der Waals surface area contributed by atoms with Crippen molar-refractivity contribution in [1.82, 2.24) is 0 Å². The molecule has 0 unspecified atom stereocenters. The summed E-state index contributed by atoms with van der Waals surface area (Å²) < 4.78 is 36.9. The molecule has 6 heteroatoms. The van der Waals surface area contributed by atoms with Gasteiger partial charge in [-0.05, 0) is 17.7 Å². The van der Waals surface area contributed by atoms with Gasteiger partial charge in [-0.15, -0.1) is 0 Å². The van der Waals surface area contributed by atoms with Gasteiger partial charge in [0.05, 0.1) is 12.5 Å². The maximum atomic E-state index is 12.4. The van der Waals surface area contributed by atoms with Crippen LogP contribution in [0.3, 0.4) is 0 Å². The summed E-state index contributed by atoms with van der Waals surface area (Å²) in [5, 5.41) is 17.5. The van der Waals surface area contributed by atoms with Crippen LogP contribution in [0.4, 0.5) is 13.2 Å². The summed E-state index contributed by atoms with van der Waals surface area (Å²) in [6, 6.07) is 3.90. The van der Waals surface area contributed by atoms with E-state index in [4.69, 9.17) is 5.26 Å². The molecule has 0 aromatic heterocycles. The highest BCUT2D eigenvalue weighted by Gasteiger charge is 2.36. The summed E-state index contributed by atoms with van der Waals surface area (Å²) in [5.41, 5.74) is -0.793. The Morgan fingerprint density at radius 2 is 2.00 bits per heavy atom. The molecule has 0 radical (unpaired) electrons. The van der Waals surface area contributed by atoms with Gasteiger partial charge in [0, 0.05) is 4.47 Å². The number of halogens is 4. The lowest BCUT2D eigenvalue weighted by Gasteiger charge is -2.11. The van der Waals surface area contributed by atoms with Crippen molar-refractivity contribution in [3.05, 3.63) is 27.7 Å². The lowest BCUT2D eigenvalue weighted by atomic mass is 10.1. The van der Waals surface area contributed by atoms with Gasteiger partial charge >= 0.3 is 6.18 Å². The minimum absolute atomic E-state index is 0.0513. The first kappa shape index (κ1) is 11.9. The Kier molecular flexibility index (Phi) is 3.25. The van der Waals surface area contributed by atoms with Crippen LogP contribution in [0.2, 0.25) is 0 Å². The molecule has 0 amide bonds. The van der Waals surface area contributed by atoms with E-state index in [0.29, 0.717) is 5.56 Å². The summed E-state index contributed by atoms with van der Waals surface area (Å²) >= 11 is 2.71. The third kappa shape index (κ3) is 2.63. The molecule has 0 fully saturated rings.